The lowest BCUT2D eigenvalue weighted by molar-refractivity contribution is -0.256. The van der Waals surface area contributed by atoms with Gasteiger partial charge >= 0.3 is 6.09 Å². The van der Waals surface area contributed by atoms with Crippen molar-refractivity contribution >= 4 is 35.0 Å². The van der Waals surface area contributed by atoms with Crippen molar-refractivity contribution in [1.29, 1.82) is 0 Å². The third kappa shape index (κ3) is 7.08. The van der Waals surface area contributed by atoms with E-state index in [0.717, 1.165) is 22.3 Å². The van der Waals surface area contributed by atoms with Crippen LogP contribution in [0.25, 0.3) is 11.1 Å². The van der Waals surface area contributed by atoms with Crippen LogP contribution in [0.2, 0.25) is 0 Å². The van der Waals surface area contributed by atoms with Crippen molar-refractivity contribution in [2.75, 3.05) is 32.2 Å². The van der Waals surface area contributed by atoms with Crippen molar-refractivity contribution in [3.05, 3.63) is 111 Å². The Balaban J connectivity index is 0.896. The molecule has 10 rings (SSSR count). The maximum absolute atomic E-state index is 14.7. The van der Waals surface area contributed by atoms with Crippen LogP contribution in [0.15, 0.2) is 66.7 Å². The van der Waals surface area contributed by atoms with Crippen LogP contribution in [0.5, 0.6) is 11.5 Å². The predicted octanol–water partition coefficient (Wildman–Crippen LogP) is 4.60. The maximum atomic E-state index is 14.7. The van der Waals surface area contributed by atoms with Gasteiger partial charge in [0.15, 0.2) is 36.2 Å². The first-order chi connectivity index (χ1) is 31.7. The number of aliphatic hydroxyl groups is 1. The third-order valence-corrected chi connectivity index (χ3v) is 14.0. The molecule has 0 spiro atoms. The molecule has 3 fully saturated rings. The maximum Gasteiger partial charge on any atom is 0.407 e. The fourth-order valence-corrected chi connectivity index (χ4v) is 10.7. The van der Waals surface area contributed by atoms with Gasteiger partial charge in [-0.3, -0.25) is 24.1 Å². The van der Waals surface area contributed by atoms with E-state index in [-0.39, 0.29) is 65.5 Å². The molecule has 9 atom stereocenters. The number of alkyl carbamates (subject to hydrolysis) is 1. The number of amides is 2. The van der Waals surface area contributed by atoms with Crippen LogP contribution in [0.1, 0.15) is 99.7 Å². The number of nitrogens with zero attached hydrogens (tertiary/aromatic N) is 1. The number of nitrogens with one attached hydrogen (secondary N) is 2. The topological polar surface area (TPSA) is 229 Å². The van der Waals surface area contributed by atoms with Gasteiger partial charge < -0.3 is 54.4 Å². The lowest BCUT2D eigenvalue weighted by Gasteiger charge is -2.43. The molecule has 0 saturated carbocycles. The van der Waals surface area contributed by atoms with Gasteiger partial charge in [-0.1, -0.05) is 60.7 Å². The summed E-state index contributed by atoms with van der Waals surface area (Å²) >= 11 is 0. The van der Waals surface area contributed by atoms with Gasteiger partial charge in [0.25, 0.3) is 0 Å². The second-order valence-electron chi connectivity index (χ2n) is 17.8. The number of methoxy groups -OCH3 is 1. The minimum atomic E-state index is -2.09. The number of anilines is 1. The Hall–Kier alpha value is -6.05. The highest BCUT2D eigenvalue weighted by Crippen LogP contribution is 2.53. The van der Waals surface area contributed by atoms with E-state index in [0.29, 0.717) is 13.2 Å². The van der Waals surface area contributed by atoms with Crippen LogP contribution in [0.3, 0.4) is 0 Å². The molecule has 17 nitrogen and oxygen atoms in total. The molecule has 0 aromatic heterocycles. The van der Waals surface area contributed by atoms with Crippen LogP contribution in [-0.2, 0) is 44.4 Å². The van der Waals surface area contributed by atoms with Gasteiger partial charge in [0, 0.05) is 61.6 Å². The fourth-order valence-electron chi connectivity index (χ4n) is 10.7. The average molecular weight is 904 g/mol. The van der Waals surface area contributed by atoms with E-state index in [1.54, 1.807) is 0 Å². The number of fused-ring (bicyclic) bond motifs is 9. The summed E-state index contributed by atoms with van der Waals surface area (Å²) in [6.07, 6.45) is -5.70. The zero-order chi connectivity index (χ0) is 46.3. The first-order valence-electron chi connectivity index (χ1n) is 22.0. The Kier molecular flexibility index (Phi) is 11.1. The Morgan fingerprint density at radius 2 is 1.59 bits per heavy atom. The average Bonchev–Trinajstić information content (AvgIpc) is 3.84. The van der Waals surface area contributed by atoms with Crippen molar-refractivity contribution < 1.29 is 67.7 Å². The molecule has 3 aliphatic heterocycles. The summed E-state index contributed by atoms with van der Waals surface area (Å²) in [5.74, 6) is -4.72. The van der Waals surface area contributed by atoms with Crippen LogP contribution in [-0.4, -0.2) is 125 Å². The summed E-state index contributed by atoms with van der Waals surface area (Å²) in [5.41, 5.74) is 0.251. The van der Waals surface area contributed by atoms with Gasteiger partial charge in [-0.05, 0) is 49.1 Å². The molecule has 344 valence electrons. The molecule has 3 heterocycles. The molecule has 0 bridgehead atoms. The highest BCUT2D eigenvalue weighted by Gasteiger charge is 2.55. The molecular formula is C49H49N3O14. The smallest absolute Gasteiger partial charge is 0.407 e. The summed E-state index contributed by atoms with van der Waals surface area (Å²) in [5, 5.41) is 41.0. The van der Waals surface area contributed by atoms with Crippen molar-refractivity contribution in [3.63, 3.8) is 0 Å². The number of Topliss-reactive ketones (excluding diaryl/α,β-unsaturated/α-hetero) is 1. The zero-order valence-corrected chi connectivity index (χ0v) is 36.6. The van der Waals surface area contributed by atoms with Gasteiger partial charge in [0.1, 0.15) is 35.9 Å². The highest BCUT2D eigenvalue weighted by molar-refractivity contribution is 6.32. The number of ether oxygens (including phenoxy) is 6. The van der Waals surface area contributed by atoms with E-state index in [1.807, 2.05) is 55.5 Å². The van der Waals surface area contributed by atoms with E-state index < -0.39 is 101 Å². The minimum absolute atomic E-state index is 0.0171. The number of phenolic OH excluding ortho intramolecular Hbond substituents is 2. The highest BCUT2D eigenvalue weighted by atomic mass is 16.7. The van der Waals surface area contributed by atoms with Crippen LogP contribution >= 0.6 is 0 Å². The summed E-state index contributed by atoms with van der Waals surface area (Å²) < 4.78 is 36.0. The monoisotopic (exact) mass is 903 g/mol. The molecule has 4 aromatic carbocycles. The van der Waals surface area contributed by atoms with Gasteiger partial charge in [-0.15, -0.1) is 0 Å². The molecule has 3 saturated heterocycles. The quantitative estimate of drug-likeness (QED) is 0.127. The number of benzene rings is 4. The number of morpholine rings is 1. The van der Waals surface area contributed by atoms with E-state index in [1.165, 1.54) is 39.2 Å². The van der Waals surface area contributed by atoms with Crippen LogP contribution < -0.4 is 10.6 Å². The largest absolute Gasteiger partial charge is 0.507 e. The number of carbonyl (C=O) groups is 5. The third-order valence-electron chi connectivity index (χ3n) is 14.0. The van der Waals surface area contributed by atoms with Gasteiger partial charge in [-0.25, -0.2) is 4.79 Å². The molecule has 4 aromatic rings. The van der Waals surface area contributed by atoms with E-state index in [4.69, 9.17) is 28.4 Å². The van der Waals surface area contributed by atoms with Crippen LogP contribution in [0.4, 0.5) is 10.5 Å². The number of hydrogen-bond acceptors (Lipinski definition) is 15. The van der Waals surface area contributed by atoms with E-state index in [2.05, 4.69) is 15.5 Å². The molecule has 5 N–H and O–H groups in total. The molecule has 17 heteroatoms. The lowest BCUT2D eigenvalue weighted by Crippen LogP contribution is -2.55. The van der Waals surface area contributed by atoms with Crippen molar-refractivity contribution in [1.82, 2.24) is 10.2 Å². The second-order valence-corrected chi connectivity index (χ2v) is 17.8. The number of carbonyl (C=O) groups excluding carboxylic acids is 5. The van der Waals surface area contributed by atoms with Crippen molar-refractivity contribution in [3.8, 4) is 22.6 Å². The fraction of sp³-hybridized carbons (Fsp3) is 0.408. The van der Waals surface area contributed by atoms with Gasteiger partial charge in [0.05, 0.1) is 41.2 Å². The Morgan fingerprint density at radius 3 is 2.29 bits per heavy atom. The summed E-state index contributed by atoms with van der Waals surface area (Å²) in [7, 11) is 1.53. The minimum Gasteiger partial charge on any atom is -0.507 e. The Morgan fingerprint density at radius 1 is 0.909 bits per heavy atom. The zero-order valence-electron chi connectivity index (χ0n) is 36.6. The van der Waals surface area contributed by atoms with Gasteiger partial charge in [-0.2, -0.15) is 0 Å². The molecule has 66 heavy (non-hydrogen) atoms. The molecular weight excluding hydrogens is 855 g/mol. The first kappa shape index (κ1) is 43.8. The van der Waals surface area contributed by atoms with Gasteiger partial charge in [0.2, 0.25) is 5.91 Å². The summed E-state index contributed by atoms with van der Waals surface area (Å²) in [6, 6.07) is 18.6. The number of ketones is 3. The summed E-state index contributed by atoms with van der Waals surface area (Å²) in [4.78, 5) is 70.9. The standard InChI is InChI=1S/C49H49N3O14/c1-22(50-48(59)63-21-31-27-12-7-5-10-25(27)26-11-6-8-13-28(26)31)45(58)51-32-15-9-14-29-36(32)42(56)39-38(40(29)54)41(55)30-19-49(60,24(3)53)20-34(37(30)43(39)57)65-35-18-33-44(23(2)64-35)66-46-47(61-4)62-17-16-52(33)46/h5-15,22-23,31,33-35,44,46-47,55,57,60H,16-21H2,1-4H3,(H,50,59)(H,51,58)/t22-,23-,33-,34-,35-,44+,46+,47-,49-/m0/s1. The lowest BCUT2D eigenvalue weighted by atomic mass is 9.72. The molecule has 0 unspecified atom stereocenters. The van der Waals surface area contributed by atoms with E-state index in [9.17, 15) is 39.3 Å². The number of hydrogen-bond donors (Lipinski definition) is 5. The predicted molar refractivity (Wildman–Crippen MR) is 232 cm³/mol. The molecule has 2 amide bonds. The normalized spacial score (nSPS) is 27.9. The SMILES string of the molecule is CO[C@H]1OCCN2[C@@H]1O[C@@H]1[C@H](C)O[C@@H](O[C@H]3C[C@](O)(C(C)=O)Cc4c(O)c5c(c(O)c43)C(=O)c3c(NC(=O)[C@H](C)NC(=O)OCC4c6ccccc6-c6ccccc64)cccc3C5=O)C[C@@H]12. The molecule has 0 radical (unpaired) electrons. The summed E-state index contributed by atoms with van der Waals surface area (Å²) in [6.45, 7) is 5.42. The number of phenols is 2. The second kappa shape index (κ2) is 16.7. The Bertz CT molecular complexity index is 2660. The van der Waals surface area contributed by atoms with Crippen molar-refractivity contribution in [2.45, 2.75) is 101 Å². The van der Waals surface area contributed by atoms with Crippen molar-refractivity contribution in [2.24, 2.45) is 0 Å². The number of aromatic hydroxyl groups is 2. The first-order valence-corrected chi connectivity index (χ1v) is 22.0. The van der Waals surface area contributed by atoms with E-state index >= 15 is 0 Å². The Labute approximate surface area is 378 Å². The molecule has 3 aliphatic carbocycles. The van der Waals surface area contributed by atoms with Crippen LogP contribution in [0, 0.1) is 0 Å². The molecule has 6 aliphatic rings. The number of rotatable bonds is 9.